The molecule has 2 heterocycles. The molecule has 4 rings (SSSR count). The lowest BCUT2D eigenvalue weighted by Gasteiger charge is -2.36. The largest absolute Gasteiger partial charge is 0.487 e. The summed E-state index contributed by atoms with van der Waals surface area (Å²) in [5.41, 5.74) is 2.93. The fourth-order valence-corrected chi connectivity index (χ4v) is 3.85. The molecule has 35 heavy (non-hydrogen) atoms. The minimum atomic E-state index is -0.220. The Kier molecular flexibility index (Phi) is 8.48. The molecule has 1 fully saturated rings. The molecule has 7 nitrogen and oxygen atoms in total. The van der Waals surface area contributed by atoms with Crippen LogP contribution in [0.5, 0.6) is 5.75 Å². The first-order valence-electron chi connectivity index (χ1n) is 11.8. The number of anilines is 1. The number of para-hydroxylation sites is 1. The molecule has 180 valence electrons. The molecule has 2 aromatic carbocycles. The number of ether oxygens (including phenoxy) is 1. The third-order valence-corrected chi connectivity index (χ3v) is 5.81. The second kappa shape index (κ2) is 12.4. The van der Waals surface area contributed by atoms with Gasteiger partial charge in [-0.3, -0.25) is 14.6 Å². The van der Waals surface area contributed by atoms with E-state index in [1.165, 1.54) is 11.8 Å². The highest BCUT2D eigenvalue weighted by atomic mass is 16.5. The van der Waals surface area contributed by atoms with Gasteiger partial charge in [0.2, 0.25) is 11.8 Å². The Labute approximate surface area is 206 Å². The van der Waals surface area contributed by atoms with Gasteiger partial charge in [-0.15, -0.1) is 0 Å². The molecule has 0 radical (unpaired) electrons. The van der Waals surface area contributed by atoms with Crippen LogP contribution in [0.3, 0.4) is 0 Å². The predicted molar refractivity (Wildman–Crippen MR) is 137 cm³/mol. The Morgan fingerprint density at radius 3 is 2.37 bits per heavy atom. The van der Waals surface area contributed by atoms with E-state index in [-0.39, 0.29) is 11.8 Å². The number of aromatic nitrogens is 1. The number of benzene rings is 2. The van der Waals surface area contributed by atoms with Crippen molar-refractivity contribution in [3.8, 4) is 5.75 Å². The summed E-state index contributed by atoms with van der Waals surface area (Å²) in [4.78, 5) is 33.0. The quantitative estimate of drug-likeness (QED) is 0.485. The zero-order valence-corrected chi connectivity index (χ0v) is 19.7. The molecule has 1 aliphatic heterocycles. The van der Waals surface area contributed by atoms with Gasteiger partial charge in [-0.1, -0.05) is 36.4 Å². The van der Waals surface area contributed by atoms with Gasteiger partial charge in [-0.2, -0.15) is 0 Å². The maximum atomic E-state index is 12.5. The monoisotopic (exact) mass is 470 g/mol. The topological polar surface area (TPSA) is 74.8 Å². The van der Waals surface area contributed by atoms with Crippen molar-refractivity contribution < 1.29 is 14.3 Å². The highest BCUT2D eigenvalue weighted by Crippen LogP contribution is 2.16. The van der Waals surface area contributed by atoms with Crippen LogP contribution >= 0.6 is 0 Å². The number of rotatable bonds is 9. The zero-order chi connectivity index (χ0) is 24.3. The number of nitrogens with one attached hydrogen (secondary N) is 1. The molecule has 0 saturated carbocycles. The van der Waals surface area contributed by atoms with Gasteiger partial charge in [0.1, 0.15) is 12.4 Å². The molecule has 0 unspecified atom stereocenters. The van der Waals surface area contributed by atoms with Gasteiger partial charge in [-0.05, 0) is 48.0 Å². The number of hydrogen-bond acceptors (Lipinski definition) is 5. The normalized spacial score (nSPS) is 13.6. The van der Waals surface area contributed by atoms with E-state index in [0.29, 0.717) is 32.7 Å². The Morgan fingerprint density at radius 2 is 1.66 bits per heavy atom. The smallest absolute Gasteiger partial charge is 0.244 e. The number of carbonyl (C=O) groups excluding carboxylic acids is 2. The van der Waals surface area contributed by atoms with Crippen molar-refractivity contribution in [2.45, 2.75) is 13.0 Å². The van der Waals surface area contributed by atoms with Crippen LogP contribution in [0.1, 0.15) is 17.7 Å². The average molecular weight is 471 g/mol. The summed E-state index contributed by atoms with van der Waals surface area (Å²) in [5.74, 6) is 0.589. The van der Waals surface area contributed by atoms with Gasteiger partial charge in [0.05, 0.1) is 5.69 Å². The summed E-state index contributed by atoms with van der Waals surface area (Å²) in [6.07, 6.45) is 5.25. The second-order valence-electron chi connectivity index (χ2n) is 8.26. The van der Waals surface area contributed by atoms with Crippen LogP contribution < -0.4 is 15.0 Å². The van der Waals surface area contributed by atoms with Gasteiger partial charge >= 0.3 is 0 Å². The van der Waals surface area contributed by atoms with Crippen LogP contribution in [0, 0.1) is 0 Å². The molecule has 0 bridgehead atoms. The second-order valence-corrected chi connectivity index (χ2v) is 8.26. The lowest BCUT2D eigenvalue weighted by atomic mass is 10.2. The van der Waals surface area contributed by atoms with Crippen molar-refractivity contribution in [3.05, 3.63) is 96.3 Å². The van der Waals surface area contributed by atoms with E-state index in [1.807, 2.05) is 65.6 Å². The molecule has 0 atom stereocenters. The van der Waals surface area contributed by atoms with E-state index in [0.717, 1.165) is 30.1 Å². The van der Waals surface area contributed by atoms with E-state index in [1.54, 1.807) is 12.3 Å². The molecule has 1 N–H and O–H groups in total. The number of carbonyl (C=O) groups is 2. The fraction of sp³-hybridized carbons (Fsp3) is 0.250. The minimum absolute atomic E-state index is 0.0725. The van der Waals surface area contributed by atoms with Crippen LogP contribution in [0.2, 0.25) is 0 Å². The first-order chi connectivity index (χ1) is 17.2. The maximum absolute atomic E-state index is 12.5. The van der Waals surface area contributed by atoms with E-state index < -0.39 is 0 Å². The molecule has 2 amide bonds. The lowest BCUT2D eigenvalue weighted by Crippen LogP contribution is -2.49. The Balaban J connectivity index is 1.13. The van der Waals surface area contributed by atoms with Crippen molar-refractivity contribution in [2.75, 3.05) is 37.6 Å². The van der Waals surface area contributed by atoms with Gasteiger partial charge < -0.3 is 19.9 Å². The number of pyridine rings is 1. The first-order valence-corrected chi connectivity index (χ1v) is 11.8. The van der Waals surface area contributed by atoms with Crippen LogP contribution in [-0.4, -0.2) is 54.4 Å². The van der Waals surface area contributed by atoms with Crippen LogP contribution in [-0.2, 0) is 16.2 Å². The number of piperazine rings is 1. The summed E-state index contributed by atoms with van der Waals surface area (Å²) in [5, 5.41) is 2.79. The van der Waals surface area contributed by atoms with Gasteiger partial charge in [0.25, 0.3) is 0 Å². The van der Waals surface area contributed by atoms with E-state index in [4.69, 9.17) is 4.74 Å². The van der Waals surface area contributed by atoms with Crippen LogP contribution in [0.25, 0.3) is 6.08 Å². The molecule has 1 saturated heterocycles. The van der Waals surface area contributed by atoms with E-state index >= 15 is 0 Å². The van der Waals surface area contributed by atoms with E-state index in [9.17, 15) is 9.59 Å². The summed E-state index contributed by atoms with van der Waals surface area (Å²) in [6, 6.07) is 23.4. The standard InChI is InChI=1S/C28H30N4O3/c33-27(14-11-23-9-12-26(13-10-23)35-22-24-6-4-5-16-29-24)30-17-15-28(34)32-20-18-31(19-21-32)25-7-2-1-3-8-25/h1-14,16H,15,17-22H2,(H,30,33)/b14-11+. The summed E-state index contributed by atoms with van der Waals surface area (Å²) >= 11 is 0. The number of hydrogen-bond donors (Lipinski definition) is 1. The minimum Gasteiger partial charge on any atom is -0.487 e. The molecule has 1 aromatic heterocycles. The van der Waals surface area contributed by atoms with Crippen molar-refractivity contribution in [3.63, 3.8) is 0 Å². The maximum Gasteiger partial charge on any atom is 0.244 e. The summed E-state index contributed by atoms with van der Waals surface area (Å²) in [6.45, 7) is 3.75. The average Bonchev–Trinajstić information content (AvgIpc) is 2.92. The fourth-order valence-electron chi connectivity index (χ4n) is 3.85. The molecule has 0 aliphatic carbocycles. The Bertz CT molecular complexity index is 1110. The summed E-state index contributed by atoms with van der Waals surface area (Å²) < 4.78 is 5.72. The SMILES string of the molecule is O=C(/C=C/c1ccc(OCc2ccccn2)cc1)NCCC(=O)N1CCN(c2ccccc2)CC1. The van der Waals surface area contributed by atoms with Crippen molar-refractivity contribution >= 4 is 23.6 Å². The van der Waals surface area contributed by atoms with Gasteiger partial charge in [-0.25, -0.2) is 0 Å². The van der Waals surface area contributed by atoms with Crippen molar-refractivity contribution in [1.82, 2.24) is 15.2 Å². The first kappa shape index (κ1) is 24.0. The lowest BCUT2D eigenvalue weighted by molar-refractivity contribution is -0.131. The Morgan fingerprint density at radius 1 is 0.914 bits per heavy atom. The van der Waals surface area contributed by atoms with Crippen molar-refractivity contribution in [2.24, 2.45) is 0 Å². The number of nitrogens with zero attached hydrogens (tertiary/aromatic N) is 3. The number of amides is 2. The third kappa shape index (κ3) is 7.43. The van der Waals surface area contributed by atoms with Crippen LogP contribution in [0.15, 0.2) is 85.1 Å². The molecular weight excluding hydrogens is 440 g/mol. The molecule has 0 spiro atoms. The molecule has 7 heteroatoms. The third-order valence-electron chi connectivity index (χ3n) is 5.81. The van der Waals surface area contributed by atoms with E-state index in [2.05, 4.69) is 27.3 Å². The Hall–Kier alpha value is -4.13. The highest BCUT2D eigenvalue weighted by Gasteiger charge is 2.20. The molecular formula is C28H30N4O3. The predicted octanol–water partition coefficient (Wildman–Crippen LogP) is 3.53. The summed E-state index contributed by atoms with van der Waals surface area (Å²) in [7, 11) is 0. The highest BCUT2D eigenvalue weighted by molar-refractivity contribution is 5.92. The van der Waals surface area contributed by atoms with Crippen LogP contribution in [0.4, 0.5) is 5.69 Å². The zero-order valence-electron chi connectivity index (χ0n) is 19.7. The molecule has 1 aliphatic rings. The molecule has 3 aromatic rings. The van der Waals surface area contributed by atoms with Gasteiger partial charge in [0.15, 0.2) is 0 Å². The van der Waals surface area contributed by atoms with Crippen molar-refractivity contribution in [1.29, 1.82) is 0 Å². The van der Waals surface area contributed by atoms with Gasteiger partial charge in [0, 0.05) is 57.1 Å².